The molecule has 0 aliphatic heterocycles. The minimum Gasteiger partial charge on any atom is -0.496 e. The second-order valence-corrected chi connectivity index (χ2v) is 5.79. The van der Waals surface area contributed by atoms with Crippen molar-refractivity contribution in [2.24, 2.45) is 0 Å². The number of halogens is 2. The summed E-state index contributed by atoms with van der Waals surface area (Å²) in [6.07, 6.45) is 3.41. The molecule has 1 amide bonds. The molecule has 0 unspecified atom stereocenters. The number of rotatable bonds is 7. The lowest BCUT2D eigenvalue weighted by Gasteiger charge is -2.07. The molecule has 0 bridgehead atoms. The van der Waals surface area contributed by atoms with Crippen molar-refractivity contribution in [3.05, 3.63) is 28.2 Å². The summed E-state index contributed by atoms with van der Waals surface area (Å²) in [6.45, 7) is 0.735. The van der Waals surface area contributed by atoms with Crippen LogP contribution in [0.2, 0.25) is 0 Å². The zero-order valence-electron chi connectivity index (χ0n) is 10.3. The molecule has 0 saturated heterocycles. The van der Waals surface area contributed by atoms with E-state index in [1.54, 1.807) is 25.3 Å². The van der Waals surface area contributed by atoms with Crippen LogP contribution in [0.5, 0.6) is 5.75 Å². The predicted octanol–water partition coefficient (Wildman–Crippen LogP) is 3.79. The number of hydrogen-bond donors (Lipinski definition) is 1. The van der Waals surface area contributed by atoms with Crippen molar-refractivity contribution >= 4 is 44.4 Å². The summed E-state index contributed by atoms with van der Waals surface area (Å²) in [6, 6.07) is 5.33. The number of carbonyl (C=O) groups is 1. The number of benzene rings is 1. The van der Waals surface area contributed by atoms with Gasteiger partial charge in [-0.05, 0) is 51.4 Å². The average Bonchev–Trinajstić information content (AvgIpc) is 2.38. The van der Waals surface area contributed by atoms with E-state index in [2.05, 4.69) is 43.8 Å². The van der Waals surface area contributed by atoms with Crippen molar-refractivity contribution in [3.63, 3.8) is 0 Å². The first kappa shape index (κ1) is 15.8. The van der Waals surface area contributed by atoms with Gasteiger partial charge in [0.1, 0.15) is 5.75 Å². The molecule has 0 spiro atoms. The number of methoxy groups -OCH3 is 1. The van der Waals surface area contributed by atoms with Crippen molar-refractivity contribution in [3.8, 4) is 5.75 Å². The van der Waals surface area contributed by atoms with Gasteiger partial charge in [0, 0.05) is 12.1 Å². The van der Waals surface area contributed by atoms with E-state index < -0.39 is 0 Å². The average molecular weight is 426 g/mol. The minimum absolute atomic E-state index is 0.0344. The van der Waals surface area contributed by atoms with Crippen LogP contribution in [0.3, 0.4) is 0 Å². The monoisotopic (exact) mass is 425 g/mol. The Kier molecular flexibility index (Phi) is 7.65. The van der Waals surface area contributed by atoms with Gasteiger partial charge in [0.2, 0.25) is 0 Å². The molecule has 1 rings (SSSR count). The SMILES string of the molecule is COc1ccc(C(=O)NCCCCCI)cc1Br. The van der Waals surface area contributed by atoms with E-state index in [9.17, 15) is 4.79 Å². The lowest BCUT2D eigenvalue weighted by atomic mass is 10.2. The third-order valence-electron chi connectivity index (χ3n) is 2.51. The van der Waals surface area contributed by atoms with Crippen LogP contribution in [0, 0.1) is 0 Å². The third-order valence-corrected chi connectivity index (χ3v) is 3.89. The van der Waals surface area contributed by atoms with Gasteiger partial charge < -0.3 is 10.1 Å². The minimum atomic E-state index is -0.0344. The molecule has 0 aliphatic carbocycles. The summed E-state index contributed by atoms with van der Waals surface area (Å²) < 4.78 is 7.10. The van der Waals surface area contributed by atoms with E-state index in [4.69, 9.17) is 4.74 Å². The van der Waals surface area contributed by atoms with Crippen LogP contribution >= 0.6 is 38.5 Å². The lowest BCUT2D eigenvalue weighted by molar-refractivity contribution is 0.0953. The molecule has 1 aromatic rings. The first-order chi connectivity index (χ1) is 8.69. The maximum Gasteiger partial charge on any atom is 0.251 e. The Labute approximate surface area is 130 Å². The molecule has 0 aliphatic rings. The Morgan fingerprint density at radius 1 is 1.39 bits per heavy atom. The topological polar surface area (TPSA) is 38.3 Å². The summed E-state index contributed by atoms with van der Waals surface area (Å²) in [4.78, 5) is 11.9. The Bertz CT molecular complexity index is 399. The van der Waals surface area contributed by atoms with E-state index in [0.29, 0.717) is 5.56 Å². The number of hydrogen-bond acceptors (Lipinski definition) is 2. The maximum absolute atomic E-state index is 11.9. The standard InChI is InChI=1S/C13H17BrINO2/c1-18-12-6-5-10(9-11(12)14)13(17)16-8-4-2-3-7-15/h5-6,9H,2-4,7-8H2,1H3,(H,16,17). The van der Waals surface area contributed by atoms with Gasteiger partial charge >= 0.3 is 0 Å². The van der Waals surface area contributed by atoms with Crippen molar-refractivity contribution in [1.29, 1.82) is 0 Å². The van der Waals surface area contributed by atoms with Crippen LogP contribution in [0.25, 0.3) is 0 Å². The molecular formula is C13H17BrINO2. The molecule has 3 nitrogen and oxygen atoms in total. The molecule has 18 heavy (non-hydrogen) atoms. The van der Waals surface area contributed by atoms with E-state index in [-0.39, 0.29) is 5.91 Å². The molecule has 0 heterocycles. The summed E-state index contributed by atoms with van der Waals surface area (Å²) in [5.41, 5.74) is 0.650. The van der Waals surface area contributed by atoms with Gasteiger partial charge in [-0.3, -0.25) is 4.79 Å². The molecule has 1 N–H and O–H groups in total. The first-order valence-corrected chi connectivity index (χ1v) is 8.18. The van der Waals surface area contributed by atoms with Crippen molar-refractivity contribution in [2.75, 3.05) is 18.1 Å². The number of nitrogens with one attached hydrogen (secondary N) is 1. The van der Waals surface area contributed by atoms with Crippen LogP contribution < -0.4 is 10.1 Å². The second kappa shape index (κ2) is 8.74. The Morgan fingerprint density at radius 2 is 2.17 bits per heavy atom. The van der Waals surface area contributed by atoms with Gasteiger partial charge in [-0.1, -0.05) is 29.0 Å². The summed E-state index contributed by atoms with van der Waals surface area (Å²) in [5.74, 6) is 0.696. The predicted molar refractivity (Wildman–Crippen MR) is 85.8 cm³/mol. The summed E-state index contributed by atoms with van der Waals surface area (Å²) >= 11 is 5.74. The largest absolute Gasteiger partial charge is 0.496 e. The van der Waals surface area contributed by atoms with Gasteiger partial charge in [0.15, 0.2) is 0 Å². The smallest absolute Gasteiger partial charge is 0.251 e. The number of carbonyl (C=O) groups excluding carboxylic acids is 1. The van der Waals surface area contributed by atoms with Crippen LogP contribution in [0.4, 0.5) is 0 Å². The molecule has 1 aromatic carbocycles. The van der Waals surface area contributed by atoms with E-state index in [1.807, 2.05) is 0 Å². The highest BCUT2D eigenvalue weighted by atomic mass is 127. The van der Waals surface area contributed by atoms with Crippen molar-refractivity contribution in [2.45, 2.75) is 19.3 Å². The highest BCUT2D eigenvalue weighted by Crippen LogP contribution is 2.25. The molecule has 0 fully saturated rings. The quantitative estimate of drug-likeness (QED) is 0.410. The normalized spacial score (nSPS) is 10.2. The molecular weight excluding hydrogens is 409 g/mol. The van der Waals surface area contributed by atoms with Gasteiger partial charge in [-0.2, -0.15) is 0 Å². The van der Waals surface area contributed by atoms with E-state index in [0.717, 1.165) is 29.6 Å². The first-order valence-electron chi connectivity index (χ1n) is 5.86. The molecule has 100 valence electrons. The number of ether oxygens (including phenoxy) is 1. The molecule has 0 atom stereocenters. The van der Waals surface area contributed by atoms with Gasteiger partial charge in [0.05, 0.1) is 11.6 Å². The fraction of sp³-hybridized carbons (Fsp3) is 0.462. The zero-order chi connectivity index (χ0) is 13.4. The number of unbranched alkanes of at least 4 members (excludes halogenated alkanes) is 2. The lowest BCUT2D eigenvalue weighted by Crippen LogP contribution is -2.24. The Hall–Kier alpha value is -0.300. The maximum atomic E-state index is 11.9. The van der Waals surface area contributed by atoms with Gasteiger partial charge in [-0.15, -0.1) is 0 Å². The highest BCUT2D eigenvalue weighted by Gasteiger charge is 2.07. The third kappa shape index (κ3) is 5.14. The summed E-state index contributed by atoms with van der Waals surface area (Å²) in [7, 11) is 1.60. The second-order valence-electron chi connectivity index (χ2n) is 3.85. The van der Waals surface area contributed by atoms with Gasteiger partial charge in [0.25, 0.3) is 5.91 Å². The Balaban J connectivity index is 2.44. The van der Waals surface area contributed by atoms with Gasteiger partial charge in [-0.25, -0.2) is 0 Å². The molecule has 0 radical (unpaired) electrons. The molecule has 0 saturated carbocycles. The molecule has 5 heteroatoms. The van der Waals surface area contributed by atoms with Crippen LogP contribution in [-0.2, 0) is 0 Å². The fourth-order valence-electron chi connectivity index (χ4n) is 1.51. The fourth-order valence-corrected chi connectivity index (χ4v) is 2.59. The van der Waals surface area contributed by atoms with Crippen molar-refractivity contribution < 1.29 is 9.53 Å². The van der Waals surface area contributed by atoms with Crippen LogP contribution in [-0.4, -0.2) is 24.0 Å². The highest BCUT2D eigenvalue weighted by molar-refractivity contribution is 14.1. The van der Waals surface area contributed by atoms with E-state index >= 15 is 0 Å². The number of amides is 1. The number of alkyl halides is 1. The van der Waals surface area contributed by atoms with E-state index in [1.165, 1.54) is 10.8 Å². The Morgan fingerprint density at radius 3 is 2.78 bits per heavy atom. The summed E-state index contributed by atoms with van der Waals surface area (Å²) in [5, 5.41) is 2.92. The van der Waals surface area contributed by atoms with Crippen LogP contribution in [0.15, 0.2) is 22.7 Å². The molecule has 0 aromatic heterocycles. The zero-order valence-corrected chi connectivity index (χ0v) is 14.1. The van der Waals surface area contributed by atoms with Crippen molar-refractivity contribution in [1.82, 2.24) is 5.32 Å². The van der Waals surface area contributed by atoms with Crippen LogP contribution in [0.1, 0.15) is 29.6 Å².